The molecular weight excluding hydrogens is 983 g/mol. The summed E-state index contributed by atoms with van der Waals surface area (Å²) < 4.78 is 5.51. The first kappa shape index (κ1) is 78.3. The molecule has 0 radical (unpaired) electrons. The van der Waals surface area contributed by atoms with E-state index in [4.69, 9.17) is 4.74 Å². The number of carbonyl (C=O) groups is 2. The highest BCUT2D eigenvalue weighted by Crippen LogP contribution is 2.19. The third-order valence-corrected chi connectivity index (χ3v) is 17.2. The summed E-state index contributed by atoms with van der Waals surface area (Å²) in [4.78, 5) is 24.6. The molecule has 6 nitrogen and oxygen atoms in total. The molecule has 80 heavy (non-hydrogen) atoms. The smallest absolute Gasteiger partial charge is 0.305 e. The molecule has 2 unspecified atom stereocenters. The monoisotopic (exact) mass is 1130 g/mol. The van der Waals surface area contributed by atoms with Crippen LogP contribution in [-0.2, 0) is 14.3 Å². The van der Waals surface area contributed by atoms with Crippen LogP contribution in [0.4, 0.5) is 0 Å². The van der Waals surface area contributed by atoms with Gasteiger partial charge in [0.25, 0.3) is 0 Å². The maximum Gasteiger partial charge on any atom is 0.305 e. The predicted octanol–water partition coefficient (Wildman–Crippen LogP) is 23.7. The van der Waals surface area contributed by atoms with Gasteiger partial charge in [0.05, 0.1) is 25.4 Å². The van der Waals surface area contributed by atoms with Crippen LogP contribution in [-0.4, -0.2) is 47.4 Å². The van der Waals surface area contributed by atoms with E-state index in [0.717, 1.165) is 44.9 Å². The molecule has 2 atom stereocenters. The third kappa shape index (κ3) is 65.5. The Morgan fingerprint density at radius 3 is 0.887 bits per heavy atom. The number of nitrogens with one attached hydrogen (secondary N) is 1. The molecule has 3 N–H and O–H groups in total. The summed E-state index contributed by atoms with van der Waals surface area (Å²) in [6.07, 6.45) is 88.1. The van der Waals surface area contributed by atoms with Crippen molar-refractivity contribution in [3.8, 4) is 0 Å². The van der Waals surface area contributed by atoms with E-state index in [9.17, 15) is 19.8 Å². The SMILES string of the molecule is CCCCCCCCC/C=C\CCCCCCCCCC(=O)OCCCCCCCCCCCCCC/C=C\CCCCCCCCCCCCCCCC(=O)NC(CO)C(O)CCCCCCCCCCCCCCCCCC. The molecule has 0 bridgehead atoms. The number of hydrogen-bond acceptors (Lipinski definition) is 5. The number of allylic oxidation sites excluding steroid dienone is 4. The first-order valence-corrected chi connectivity index (χ1v) is 36.6. The summed E-state index contributed by atoms with van der Waals surface area (Å²) in [5.41, 5.74) is 0. The number of aliphatic hydroxyl groups is 2. The topological polar surface area (TPSA) is 95.9 Å². The molecule has 474 valence electrons. The molecule has 0 heterocycles. The second kappa shape index (κ2) is 69.8. The second-order valence-electron chi connectivity index (χ2n) is 25.3. The molecule has 0 aromatic heterocycles. The average molecular weight is 1130 g/mol. The van der Waals surface area contributed by atoms with Crippen molar-refractivity contribution in [2.45, 2.75) is 424 Å². The molecule has 0 saturated carbocycles. The van der Waals surface area contributed by atoms with E-state index < -0.39 is 12.1 Å². The Bertz CT molecular complexity index is 1250. The minimum atomic E-state index is -0.664. The van der Waals surface area contributed by atoms with E-state index in [1.54, 1.807) is 0 Å². The summed E-state index contributed by atoms with van der Waals surface area (Å²) in [5.74, 6) is -0.0163. The van der Waals surface area contributed by atoms with E-state index in [1.165, 1.54) is 334 Å². The Balaban J connectivity index is 3.35. The lowest BCUT2D eigenvalue weighted by atomic mass is 10.0. The zero-order chi connectivity index (χ0) is 57.8. The van der Waals surface area contributed by atoms with Gasteiger partial charge in [-0.15, -0.1) is 0 Å². The van der Waals surface area contributed by atoms with Gasteiger partial charge in [-0.2, -0.15) is 0 Å². The lowest BCUT2D eigenvalue weighted by Gasteiger charge is -2.22. The van der Waals surface area contributed by atoms with Crippen LogP contribution < -0.4 is 5.32 Å². The quantitative estimate of drug-likeness (QED) is 0.0320. The number of ether oxygens (including phenoxy) is 1. The summed E-state index contributed by atoms with van der Waals surface area (Å²) in [6.45, 7) is 4.99. The second-order valence-corrected chi connectivity index (χ2v) is 25.3. The minimum absolute atomic E-state index is 0.0144. The number of unbranched alkanes of at least 4 members (excludes halogenated alkanes) is 54. The highest BCUT2D eigenvalue weighted by molar-refractivity contribution is 5.76. The molecule has 1 amide bonds. The first-order chi connectivity index (χ1) is 39.5. The fraction of sp³-hybridized carbons (Fsp3) is 0.919. The maximum absolute atomic E-state index is 12.5. The van der Waals surface area contributed by atoms with E-state index in [-0.39, 0.29) is 18.5 Å². The van der Waals surface area contributed by atoms with Gasteiger partial charge in [-0.05, 0) is 77.0 Å². The van der Waals surface area contributed by atoms with Crippen molar-refractivity contribution < 1.29 is 24.5 Å². The molecule has 0 saturated heterocycles. The maximum atomic E-state index is 12.5. The predicted molar refractivity (Wildman–Crippen MR) is 352 cm³/mol. The molecule has 0 spiro atoms. The van der Waals surface area contributed by atoms with Crippen molar-refractivity contribution in [3.05, 3.63) is 24.3 Å². The number of carbonyl (C=O) groups excluding carboxylic acids is 2. The van der Waals surface area contributed by atoms with Crippen LogP contribution in [0, 0.1) is 0 Å². The third-order valence-electron chi connectivity index (χ3n) is 17.2. The van der Waals surface area contributed by atoms with Gasteiger partial charge < -0.3 is 20.3 Å². The van der Waals surface area contributed by atoms with Gasteiger partial charge in [0, 0.05) is 12.8 Å². The molecule has 0 fully saturated rings. The van der Waals surface area contributed by atoms with Gasteiger partial charge in [-0.25, -0.2) is 0 Å². The standard InChI is InChI=1S/C74H143NO5/c1-3-5-7-9-11-13-15-17-19-21-36-40-44-48-52-56-60-64-68-74(79)80-69-65-61-57-53-49-45-41-37-34-32-30-28-26-24-22-23-25-27-29-31-33-35-39-43-47-51-55-59-63-67-73(78)75-71(70-76)72(77)66-62-58-54-50-46-42-38-20-18-16-14-12-10-8-6-4-2/h19,21-22,24,71-72,76-77H,3-18,20,23,25-70H2,1-2H3,(H,75,78)/b21-19-,24-22-. The Morgan fingerprint density at radius 2 is 0.588 bits per heavy atom. The van der Waals surface area contributed by atoms with Gasteiger partial charge >= 0.3 is 5.97 Å². The highest BCUT2D eigenvalue weighted by atomic mass is 16.5. The summed E-state index contributed by atoms with van der Waals surface area (Å²) in [6, 6.07) is -0.541. The molecule has 0 aromatic carbocycles. The van der Waals surface area contributed by atoms with Crippen LogP contribution in [0.15, 0.2) is 24.3 Å². The van der Waals surface area contributed by atoms with Crippen molar-refractivity contribution in [3.63, 3.8) is 0 Å². The van der Waals surface area contributed by atoms with Gasteiger partial charge in [0.15, 0.2) is 0 Å². The van der Waals surface area contributed by atoms with Gasteiger partial charge in [0.1, 0.15) is 0 Å². The van der Waals surface area contributed by atoms with Crippen molar-refractivity contribution in [1.82, 2.24) is 5.32 Å². The first-order valence-electron chi connectivity index (χ1n) is 36.6. The van der Waals surface area contributed by atoms with Gasteiger partial charge in [-0.3, -0.25) is 9.59 Å². The number of rotatable bonds is 69. The Kier molecular flexibility index (Phi) is 68.4. The summed E-state index contributed by atoms with van der Waals surface area (Å²) >= 11 is 0. The van der Waals surface area contributed by atoms with Crippen molar-refractivity contribution in [2.24, 2.45) is 0 Å². The van der Waals surface area contributed by atoms with Crippen LogP contribution >= 0.6 is 0 Å². The van der Waals surface area contributed by atoms with E-state index >= 15 is 0 Å². The fourth-order valence-corrected chi connectivity index (χ4v) is 11.6. The number of esters is 1. The average Bonchev–Trinajstić information content (AvgIpc) is 3.46. The summed E-state index contributed by atoms with van der Waals surface area (Å²) in [7, 11) is 0. The van der Waals surface area contributed by atoms with E-state index in [2.05, 4.69) is 43.5 Å². The molecule has 0 aromatic rings. The van der Waals surface area contributed by atoms with E-state index in [1.807, 2.05) is 0 Å². The normalized spacial score (nSPS) is 12.6. The van der Waals surface area contributed by atoms with Crippen LogP contribution in [0.25, 0.3) is 0 Å². The molecular formula is C74H143NO5. The molecule has 6 heteroatoms. The lowest BCUT2D eigenvalue weighted by Crippen LogP contribution is -2.45. The molecule has 0 aliphatic heterocycles. The number of amides is 1. The molecule has 0 rings (SSSR count). The van der Waals surface area contributed by atoms with Gasteiger partial charge in [0.2, 0.25) is 5.91 Å². The van der Waals surface area contributed by atoms with Crippen LogP contribution in [0.5, 0.6) is 0 Å². The number of aliphatic hydroxyl groups excluding tert-OH is 2. The zero-order valence-corrected chi connectivity index (χ0v) is 54.3. The highest BCUT2D eigenvalue weighted by Gasteiger charge is 2.20. The van der Waals surface area contributed by atoms with E-state index in [0.29, 0.717) is 25.9 Å². The Morgan fingerprint density at radius 1 is 0.338 bits per heavy atom. The zero-order valence-electron chi connectivity index (χ0n) is 54.3. The summed E-state index contributed by atoms with van der Waals surface area (Å²) in [5, 5.41) is 23.4. The van der Waals surface area contributed by atoms with Crippen LogP contribution in [0.2, 0.25) is 0 Å². The van der Waals surface area contributed by atoms with Crippen LogP contribution in [0.1, 0.15) is 412 Å². The van der Waals surface area contributed by atoms with Crippen molar-refractivity contribution in [2.75, 3.05) is 13.2 Å². The Hall–Kier alpha value is -1.66. The lowest BCUT2D eigenvalue weighted by molar-refractivity contribution is -0.143. The molecule has 0 aliphatic rings. The number of hydrogen-bond donors (Lipinski definition) is 3. The largest absolute Gasteiger partial charge is 0.466 e. The van der Waals surface area contributed by atoms with Crippen LogP contribution in [0.3, 0.4) is 0 Å². The van der Waals surface area contributed by atoms with Crippen molar-refractivity contribution in [1.29, 1.82) is 0 Å². The van der Waals surface area contributed by atoms with Gasteiger partial charge in [-0.1, -0.05) is 346 Å². The molecule has 0 aliphatic carbocycles. The fourth-order valence-electron chi connectivity index (χ4n) is 11.6. The van der Waals surface area contributed by atoms with Crippen molar-refractivity contribution >= 4 is 11.9 Å². The Labute approximate surface area is 501 Å². The minimum Gasteiger partial charge on any atom is -0.466 e.